The quantitative estimate of drug-likeness (QED) is 0.865. The topological polar surface area (TPSA) is 56.6 Å². The molecule has 0 aliphatic carbocycles. The molecule has 0 atom stereocenters. The van der Waals surface area contributed by atoms with E-state index in [1.165, 1.54) is 0 Å². The van der Waals surface area contributed by atoms with Crippen LogP contribution in [0.4, 0.5) is 0 Å². The van der Waals surface area contributed by atoms with E-state index < -0.39 is 0 Å². The van der Waals surface area contributed by atoms with Gasteiger partial charge in [0.05, 0.1) is 43.5 Å². The second kappa shape index (κ2) is 6.19. The van der Waals surface area contributed by atoms with Crippen molar-refractivity contribution in [2.24, 2.45) is 0 Å². The zero-order chi connectivity index (χ0) is 15.5. The van der Waals surface area contributed by atoms with Crippen molar-refractivity contribution in [1.82, 2.24) is 14.7 Å². The van der Waals surface area contributed by atoms with Gasteiger partial charge in [-0.15, -0.1) is 0 Å². The highest BCUT2D eigenvalue weighted by Gasteiger charge is 2.22. The minimum absolute atomic E-state index is 0.0144. The number of hydrogen-bond acceptors (Lipinski definition) is 4. The molecule has 2 aromatic rings. The van der Waals surface area contributed by atoms with Crippen molar-refractivity contribution in [3.63, 3.8) is 0 Å². The molecule has 116 valence electrons. The molecular formula is C16H19N3O3. The average molecular weight is 301 g/mol. The van der Waals surface area contributed by atoms with E-state index in [9.17, 15) is 4.79 Å². The predicted octanol–water partition coefficient (Wildman–Crippen LogP) is 1.66. The van der Waals surface area contributed by atoms with Crippen LogP contribution in [-0.4, -0.2) is 54.0 Å². The van der Waals surface area contributed by atoms with Crippen LogP contribution in [0.3, 0.4) is 0 Å². The zero-order valence-corrected chi connectivity index (χ0v) is 12.8. The Balaban J connectivity index is 1.85. The lowest BCUT2D eigenvalue weighted by atomic mass is 10.2. The molecule has 0 saturated carbocycles. The smallest absolute Gasteiger partial charge is 0.257 e. The molecule has 0 unspecified atom stereocenters. The summed E-state index contributed by atoms with van der Waals surface area (Å²) in [5.74, 6) is 0.804. The Labute approximate surface area is 129 Å². The third-order valence-electron chi connectivity index (χ3n) is 3.86. The largest absolute Gasteiger partial charge is 0.497 e. The van der Waals surface area contributed by atoms with Gasteiger partial charge in [0.1, 0.15) is 5.75 Å². The number of morpholine rings is 1. The fourth-order valence-corrected chi connectivity index (χ4v) is 2.54. The van der Waals surface area contributed by atoms with Gasteiger partial charge in [0.2, 0.25) is 0 Å². The first-order chi connectivity index (χ1) is 10.7. The molecule has 0 bridgehead atoms. The van der Waals surface area contributed by atoms with Crippen molar-refractivity contribution in [2.75, 3.05) is 33.4 Å². The van der Waals surface area contributed by atoms with Crippen LogP contribution in [0.1, 0.15) is 16.1 Å². The molecule has 6 nitrogen and oxygen atoms in total. The fourth-order valence-electron chi connectivity index (χ4n) is 2.54. The molecule has 1 saturated heterocycles. The van der Waals surface area contributed by atoms with Gasteiger partial charge in [-0.3, -0.25) is 4.79 Å². The number of rotatable bonds is 3. The maximum absolute atomic E-state index is 12.6. The molecule has 6 heteroatoms. The lowest BCUT2D eigenvalue weighted by Crippen LogP contribution is -2.40. The molecule has 1 aliphatic heterocycles. The van der Waals surface area contributed by atoms with Crippen LogP contribution in [0.2, 0.25) is 0 Å². The van der Waals surface area contributed by atoms with Crippen molar-refractivity contribution in [3.8, 4) is 11.4 Å². The lowest BCUT2D eigenvalue weighted by molar-refractivity contribution is 0.0302. The van der Waals surface area contributed by atoms with Crippen LogP contribution >= 0.6 is 0 Å². The summed E-state index contributed by atoms with van der Waals surface area (Å²) in [6.07, 6.45) is 1.64. The Morgan fingerprint density at radius 1 is 1.23 bits per heavy atom. The van der Waals surface area contributed by atoms with Crippen molar-refractivity contribution >= 4 is 5.91 Å². The molecule has 1 aliphatic rings. The Morgan fingerprint density at radius 3 is 2.55 bits per heavy atom. The Morgan fingerprint density at radius 2 is 1.91 bits per heavy atom. The molecule has 1 aromatic carbocycles. The normalized spacial score (nSPS) is 14.9. The van der Waals surface area contributed by atoms with Gasteiger partial charge < -0.3 is 14.4 Å². The van der Waals surface area contributed by atoms with E-state index in [1.807, 2.05) is 36.1 Å². The molecule has 2 heterocycles. The van der Waals surface area contributed by atoms with E-state index in [0.717, 1.165) is 17.1 Å². The number of amides is 1. The number of methoxy groups -OCH3 is 1. The van der Waals surface area contributed by atoms with Gasteiger partial charge in [0, 0.05) is 13.1 Å². The van der Waals surface area contributed by atoms with E-state index in [-0.39, 0.29) is 5.91 Å². The minimum Gasteiger partial charge on any atom is -0.497 e. The Hall–Kier alpha value is -2.34. The molecular weight excluding hydrogens is 282 g/mol. The van der Waals surface area contributed by atoms with E-state index in [2.05, 4.69) is 5.10 Å². The van der Waals surface area contributed by atoms with Gasteiger partial charge >= 0.3 is 0 Å². The summed E-state index contributed by atoms with van der Waals surface area (Å²) < 4.78 is 12.2. The minimum atomic E-state index is 0.0144. The number of carbonyl (C=O) groups is 1. The summed E-state index contributed by atoms with van der Waals surface area (Å²) in [7, 11) is 1.63. The Kier molecular flexibility index (Phi) is 4.11. The summed E-state index contributed by atoms with van der Waals surface area (Å²) in [6, 6.07) is 7.59. The van der Waals surface area contributed by atoms with Crippen LogP contribution in [0, 0.1) is 6.92 Å². The molecule has 3 rings (SSSR count). The molecule has 0 radical (unpaired) electrons. The number of carbonyl (C=O) groups excluding carboxylic acids is 1. The monoisotopic (exact) mass is 301 g/mol. The highest BCUT2D eigenvalue weighted by Crippen LogP contribution is 2.19. The zero-order valence-electron chi connectivity index (χ0n) is 12.8. The first-order valence-electron chi connectivity index (χ1n) is 7.27. The maximum Gasteiger partial charge on any atom is 0.257 e. The van der Waals surface area contributed by atoms with Gasteiger partial charge in [-0.2, -0.15) is 5.10 Å². The summed E-state index contributed by atoms with van der Waals surface area (Å²) in [6.45, 7) is 4.36. The van der Waals surface area contributed by atoms with Gasteiger partial charge in [0.25, 0.3) is 5.91 Å². The molecule has 0 N–H and O–H groups in total. The molecule has 0 spiro atoms. The van der Waals surface area contributed by atoms with Crippen LogP contribution in [0.15, 0.2) is 30.5 Å². The lowest BCUT2D eigenvalue weighted by Gasteiger charge is -2.26. The first-order valence-corrected chi connectivity index (χ1v) is 7.27. The van der Waals surface area contributed by atoms with Gasteiger partial charge in [-0.25, -0.2) is 4.68 Å². The van der Waals surface area contributed by atoms with E-state index in [1.54, 1.807) is 18.0 Å². The summed E-state index contributed by atoms with van der Waals surface area (Å²) in [4.78, 5) is 14.4. The molecule has 1 fully saturated rings. The summed E-state index contributed by atoms with van der Waals surface area (Å²) in [5.41, 5.74) is 2.37. The third kappa shape index (κ3) is 2.69. The third-order valence-corrected chi connectivity index (χ3v) is 3.86. The molecule has 1 aromatic heterocycles. The molecule has 22 heavy (non-hydrogen) atoms. The summed E-state index contributed by atoms with van der Waals surface area (Å²) >= 11 is 0. The van der Waals surface area contributed by atoms with E-state index in [4.69, 9.17) is 9.47 Å². The second-order valence-corrected chi connectivity index (χ2v) is 5.16. The van der Waals surface area contributed by atoms with Crippen molar-refractivity contribution in [3.05, 3.63) is 41.7 Å². The number of hydrogen-bond donors (Lipinski definition) is 0. The Bertz CT molecular complexity index is 658. The highest BCUT2D eigenvalue weighted by atomic mass is 16.5. The number of nitrogens with zero attached hydrogens (tertiary/aromatic N) is 3. The van der Waals surface area contributed by atoms with E-state index in [0.29, 0.717) is 31.9 Å². The number of benzene rings is 1. The molecule has 1 amide bonds. The summed E-state index contributed by atoms with van der Waals surface area (Å²) in [5, 5.41) is 4.35. The fraction of sp³-hybridized carbons (Fsp3) is 0.375. The van der Waals surface area contributed by atoms with Crippen molar-refractivity contribution < 1.29 is 14.3 Å². The van der Waals surface area contributed by atoms with Crippen LogP contribution in [0.25, 0.3) is 5.69 Å². The van der Waals surface area contributed by atoms with Crippen molar-refractivity contribution in [2.45, 2.75) is 6.92 Å². The van der Waals surface area contributed by atoms with Crippen LogP contribution in [0.5, 0.6) is 5.75 Å². The maximum atomic E-state index is 12.6. The average Bonchev–Trinajstić information content (AvgIpc) is 2.96. The predicted molar refractivity (Wildman–Crippen MR) is 81.6 cm³/mol. The second-order valence-electron chi connectivity index (χ2n) is 5.16. The van der Waals surface area contributed by atoms with Gasteiger partial charge in [-0.1, -0.05) is 0 Å². The highest BCUT2D eigenvalue weighted by molar-refractivity contribution is 5.95. The first kappa shape index (κ1) is 14.6. The number of aromatic nitrogens is 2. The van der Waals surface area contributed by atoms with Gasteiger partial charge in [0.15, 0.2) is 0 Å². The van der Waals surface area contributed by atoms with Crippen molar-refractivity contribution in [1.29, 1.82) is 0 Å². The van der Waals surface area contributed by atoms with Crippen LogP contribution in [-0.2, 0) is 4.74 Å². The SMILES string of the molecule is COc1ccc(-n2ncc(C(=O)N3CCOCC3)c2C)cc1. The standard InChI is InChI=1S/C16H19N3O3/c1-12-15(16(20)18-7-9-22-10-8-18)11-17-19(12)13-3-5-14(21-2)6-4-13/h3-6,11H,7-10H2,1-2H3. The number of ether oxygens (including phenoxy) is 2. The van der Waals surface area contributed by atoms with Gasteiger partial charge in [-0.05, 0) is 31.2 Å². The van der Waals surface area contributed by atoms with Crippen LogP contribution < -0.4 is 4.74 Å². The van der Waals surface area contributed by atoms with E-state index >= 15 is 0 Å².